The maximum absolute atomic E-state index is 6.16. The quantitative estimate of drug-likeness (QED) is 0.832. The Bertz CT molecular complexity index is 295. The minimum absolute atomic E-state index is 0.534. The molecule has 0 radical (unpaired) electrons. The van der Waals surface area contributed by atoms with Crippen LogP contribution in [0.3, 0.4) is 0 Å². The van der Waals surface area contributed by atoms with E-state index in [1.165, 1.54) is 0 Å². The molecule has 0 heterocycles. The molecular formula is C11H17ClN2. The zero-order valence-electron chi connectivity index (χ0n) is 8.76. The second-order valence-electron chi connectivity index (χ2n) is 3.12. The Balaban J connectivity index is 3.14. The lowest BCUT2D eigenvalue weighted by Crippen LogP contribution is -2.24. The molecule has 0 aliphatic rings. The number of halogens is 1. The van der Waals surface area contributed by atoms with Gasteiger partial charge < -0.3 is 10.6 Å². The van der Waals surface area contributed by atoms with Gasteiger partial charge in [0.25, 0.3) is 0 Å². The van der Waals surface area contributed by atoms with Gasteiger partial charge in [0, 0.05) is 19.6 Å². The molecule has 0 aliphatic heterocycles. The van der Waals surface area contributed by atoms with E-state index >= 15 is 0 Å². The molecule has 0 amide bonds. The van der Waals surface area contributed by atoms with Crippen molar-refractivity contribution in [1.82, 2.24) is 0 Å². The van der Waals surface area contributed by atoms with E-state index in [9.17, 15) is 0 Å². The highest BCUT2D eigenvalue weighted by Crippen LogP contribution is 2.29. The Morgan fingerprint density at radius 2 is 1.93 bits per heavy atom. The number of hydrogen-bond acceptors (Lipinski definition) is 2. The summed E-state index contributed by atoms with van der Waals surface area (Å²) < 4.78 is 0. The van der Waals surface area contributed by atoms with E-state index in [-0.39, 0.29) is 0 Å². The maximum atomic E-state index is 6.16. The summed E-state index contributed by atoms with van der Waals surface area (Å²) in [5.41, 5.74) is 7.88. The summed E-state index contributed by atoms with van der Waals surface area (Å²) in [5.74, 6) is 0. The molecule has 1 aromatic rings. The van der Waals surface area contributed by atoms with Crippen molar-refractivity contribution >= 4 is 17.3 Å². The Labute approximate surface area is 90.7 Å². The summed E-state index contributed by atoms with van der Waals surface area (Å²) in [6, 6.07) is 5.88. The number of rotatable bonds is 4. The van der Waals surface area contributed by atoms with E-state index in [1.54, 1.807) is 0 Å². The van der Waals surface area contributed by atoms with Gasteiger partial charge >= 0.3 is 0 Å². The van der Waals surface area contributed by atoms with Crippen LogP contribution in [0.1, 0.15) is 19.4 Å². The normalized spacial score (nSPS) is 10.3. The van der Waals surface area contributed by atoms with Crippen molar-refractivity contribution in [3.05, 3.63) is 28.8 Å². The monoisotopic (exact) mass is 212 g/mol. The van der Waals surface area contributed by atoms with E-state index in [2.05, 4.69) is 18.7 Å². The zero-order chi connectivity index (χ0) is 10.6. The average molecular weight is 213 g/mol. The highest BCUT2D eigenvalue weighted by Gasteiger charge is 2.10. The third-order valence-corrected chi connectivity index (χ3v) is 2.67. The van der Waals surface area contributed by atoms with Crippen LogP contribution in [-0.4, -0.2) is 13.1 Å². The third kappa shape index (κ3) is 2.20. The number of para-hydroxylation sites is 1. The molecule has 1 rings (SSSR count). The van der Waals surface area contributed by atoms with Gasteiger partial charge in [-0.1, -0.05) is 23.7 Å². The first-order valence-corrected chi connectivity index (χ1v) is 5.34. The Hall–Kier alpha value is -0.730. The van der Waals surface area contributed by atoms with E-state index in [1.807, 2.05) is 18.2 Å². The van der Waals surface area contributed by atoms with E-state index in [4.69, 9.17) is 17.3 Å². The van der Waals surface area contributed by atoms with Crippen molar-refractivity contribution in [1.29, 1.82) is 0 Å². The topological polar surface area (TPSA) is 29.3 Å². The van der Waals surface area contributed by atoms with Crippen LogP contribution in [-0.2, 0) is 6.54 Å². The SMILES string of the molecule is CCN(CC)c1c(Cl)cccc1CN. The third-order valence-electron chi connectivity index (χ3n) is 2.37. The molecule has 3 heteroatoms. The Morgan fingerprint density at radius 1 is 1.29 bits per heavy atom. The van der Waals surface area contributed by atoms with Crippen molar-refractivity contribution in [2.24, 2.45) is 5.73 Å². The smallest absolute Gasteiger partial charge is 0.0642 e. The van der Waals surface area contributed by atoms with Crippen LogP contribution < -0.4 is 10.6 Å². The molecular weight excluding hydrogens is 196 g/mol. The molecule has 0 saturated carbocycles. The number of anilines is 1. The molecule has 1 aromatic carbocycles. The molecule has 2 N–H and O–H groups in total. The first-order valence-electron chi connectivity index (χ1n) is 4.97. The molecule has 0 aliphatic carbocycles. The van der Waals surface area contributed by atoms with Crippen LogP contribution >= 0.6 is 11.6 Å². The van der Waals surface area contributed by atoms with Crippen molar-refractivity contribution < 1.29 is 0 Å². The molecule has 2 nitrogen and oxygen atoms in total. The van der Waals surface area contributed by atoms with Crippen LogP contribution in [0.2, 0.25) is 5.02 Å². The molecule has 0 spiro atoms. The minimum Gasteiger partial charge on any atom is -0.371 e. The number of benzene rings is 1. The van der Waals surface area contributed by atoms with Gasteiger partial charge in [0.15, 0.2) is 0 Å². The lowest BCUT2D eigenvalue weighted by atomic mass is 10.1. The second-order valence-corrected chi connectivity index (χ2v) is 3.53. The van der Waals surface area contributed by atoms with Gasteiger partial charge in [0.1, 0.15) is 0 Å². The Morgan fingerprint density at radius 3 is 2.43 bits per heavy atom. The predicted molar refractivity (Wildman–Crippen MR) is 62.9 cm³/mol. The maximum Gasteiger partial charge on any atom is 0.0642 e. The van der Waals surface area contributed by atoms with Crippen LogP contribution in [0.25, 0.3) is 0 Å². The average Bonchev–Trinajstić information content (AvgIpc) is 2.22. The van der Waals surface area contributed by atoms with Gasteiger partial charge in [-0.3, -0.25) is 0 Å². The van der Waals surface area contributed by atoms with Crippen LogP contribution in [0.15, 0.2) is 18.2 Å². The number of nitrogens with two attached hydrogens (primary N) is 1. The van der Waals surface area contributed by atoms with Gasteiger partial charge in [0.05, 0.1) is 10.7 Å². The summed E-state index contributed by atoms with van der Waals surface area (Å²) >= 11 is 6.16. The molecule has 14 heavy (non-hydrogen) atoms. The fourth-order valence-electron chi connectivity index (χ4n) is 1.62. The van der Waals surface area contributed by atoms with Gasteiger partial charge in [0.2, 0.25) is 0 Å². The minimum atomic E-state index is 0.534. The number of nitrogens with zero attached hydrogens (tertiary/aromatic N) is 1. The van der Waals surface area contributed by atoms with E-state index in [0.717, 1.165) is 29.4 Å². The molecule has 0 fully saturated rings. The van der Waals surface area contributed by atoms with Gasteiger partial charge in [-0.25, -0.2) is 0 Å². The molecule has 0 unspecified atom stereocenters. The highest BCUT2D eigenvalue weighted by atomic mass is 35.5. The lowest BCUT2D eigenvalue weighted by molar-refractivity contribution is 0.854. The van der Waals surface area contributed by atoms with E-state index in [0.29, 0.717) is 6.54 Å². The van der Waals surface area contributed by atoms with Gasteiger partial charge in [-0.05, 0) is 25.5 Å². The molecule has 0 aromatic heterocycles. The molecule has 78 valence electrons. The fraction of sp³-hybridized carbons (Fsp3) is 0.455. The van der Waals surface area contributed by atoms with Crippen molar-refractivity contribution in [2.75, 3.05) is 18.0 Å². The largest absolute Gasteiger partial charge is 0.371 e. The van der Waals surface area contributed by atoms with Crippen LogP contribution in [0.5, 0.6) is 0 Å². The molecule has 0 atom stereocenters. The van der Waals surface area contributed by atoms with Crippen molar-refractivity contribution in [3.8, 4) is 0 Å². The van der Waals surface area contributed by atoms with Crippen molar-refractivity contribution in [2.45, 2.75) is 20.4 Å². The highest BCUT2D eigenvalue weighted by molar-refractivity contribution is 6.33. The predicted octanol–water partition coefficient (Wildman–Crippen LogP) is 2.64. The van der Waals surface area contributed by atoms with E-state index < -0.39 is 0 Å². The Kier molecular flexibility index (Phi) is 4.23. The van der Waals surface area contributed by atoms with Crippen LogP contribution in [0, 0.1) is 0 Å². The standard InChI is InChI=1S/C11H17ClN2/c1-3-14(4-2)11-9(8-13)6-5-7-10(11)12/h5-7H,3-4,8,13H2,1-2H3. The summed E-state index contributed by atoms with van der Waals surface area (Å²) in [7, 11) is 0. The first-order chi connectivity index (χ1) is 6.74. The molecule has 0 saturated heterocycles. The summed E-state index contributed by atoms with van der Waals surface area (Å²) in [4.78, 5) is 2.23. The fourth-order valence-corrected chi connectivity index (χ4v) is 1.93. The van der Waals surface area contributed by atoms with Crippen LogP contribution in [0.4, 0.5) is 5.69 Å². The van der Waals surface area contributed by atoms with Gasteiger partial charge in [-0.2, -0.15) is 0 Å². The summed E-state index contributed by atoms with van der Waals surface area (Å²) in [6.45, 7) is 6.67. The first kappa shape index (κ1) is 11.3. The zero-order valence-corrected chi connectivity index (χ0v) is 9.51. The lowest BCUT2D eigenvalue weighted by Gasteiger charge is -2.24. The molecule has 0 bridgehead atoms. The van der Waals surface area contributed by atoms with Gasteiger partial charge in [-0.15, -0.1) is 0 Å². The van der Waals surface area contributed by atoms with Crippen molar-refractivity contribution in [3.63, 3.8) is 0 Å². The summed E-state index contributed by atoms with van der Waals surface area (Å²) in [5, 5.41) is 0.789. The number of hydrogen-bond donors (Lipinski definition) is 1. The second kappa shape index (κ2) is 5.23. The summed E-state index contributed by atoms with van der Waals surface area (Å²) in [6.07, 6.45) is 0.